The van der Waals surface area contributed by atoms with Crippen molar-refractivity contribution < 1.29 is 28.9 Å². The van der Waals surface area contributed by atoms with E-state index in [4.69, 9.17) is 9.47 Å². The highest BCUT2D eigenvalue weighted by Crippen LogP contribution is 2.34. The van der Waals surface area contributed by atoms with E-state index in [1.54, 1.807) is 36.4 Å². The summed E-state index contributed by atoms with van der Waals surface area (Å²) < 4.78 is 10.8. The van der Waals surface area contributed by atoms with Crippen LogP contribution in [0.25, 0.3) is 6.08 Å². The Labute approximate surface area is 202 Å². The van der Waals surface area contributed by atoms with Crippen molar-refractivity contribution >= 4 is 40.9 Å². The molecule has 1 N–H and O–H groups in total. The van der Waals surface area contributed by atoms with Crippen LogP contribution in [0.3, 0.4) is 0 Å². The fourth-order valence-corrected chi connectivity index (χ4v) is 3.20. The smallest absolute Gasteiger partial charge is 0.363 e. The first-order valence-electron chi connectivity index (χ1n) is 10.3. The number of ether oxygens (including phenoxy) is 2. The average Bonchev–Trinajstić information content (AvgIpc) is 3.20. The SMILES string of the molecule is CC(=O)Nc1ccc(C2=N/C(=C\c3ccc(Oc4ccc([N+](=O)[O-])cc4[N+](=O)[O-])cc3)C(=O)O2)cc1. The zero-order valence-electron chi connectivity index (χ0n) is 18.5. The average molecular weight is 488 g/mol. The molecule has 0 aliphatic carbocycles. The van der Waals surface area contributed by atoms with Gasteiger partial charge in [-0.1, -0.05) is 12.1 Å². The highest BCUT2D eigenvalue weighted by molar-refractivity contribution is 6.13. The van der Waals surface area contributed by atoms with Crippen LogP contribution in [-0.4, -0.2) is 27.6 Å². The van der Waals surface area contributed by atoms with Crippen LogP contribution >= 0.6 is 0 Å². The molecule has 1 aliphatic heterocycles. The molecule has 3 aromatic rings. The van der Waals surface area contributed by atoms with Gasteiger partial charge in [-0.3, -0.25) is 25.0 Å². The van der Waals surface area contributed by atoms with E-state index in [-0.39, 0.29) is 29.0 Å². The van der Waals surface area contributed by atoms with E-state index < -0.39 is 27.2 Å². The maximum Gasteiger partial charge on any atom is 0.363 e. The first-order chi connectivity index (χ1) is 17.2. The number of rotatable bonds is 7. The van der Waals surface area contributed by atoms with E-state index in [0.29, 0.717) is 16.8 Å². The van der Waals surface area contributed by atoms with Gasteiger partial charge in [0.25, 0.3) is 5.69 Å². The molecule has 12 heteroatoms. The summed E-state index contributed by atoms with van der Waals surface area (Å²) >= 11 is 0. The predicted octanol–water partition coefficient (Wildman–Crippen LogP) is 4.60. The predicted molar refractivity (Wildman–Crippen MR) is 128 cm³/mol. The zero-order valence-corrected chi connectivity index (χ0v) is 18.5. The van der Waals surface area contributed by atoms with Crippen LogP contribution in [0, 0.1) is 20.2 Å². The van der Waals surface area contributed by atoms with Gasteiger partial charge in [-0.2, -0.15) is 0 Å². The summed E-state index contributed by atoms with van der Waals surface area (Å²) in [6.07, 6.45) is 1.50. The number of amides is 1. The number of hydrogen-bond donors (Lipinski definition) is 1. The number of benzene rings is 3. The van der Waals surface area contributed by atoms with Crippen molar-refractivity contribution in [3.63, 3.8) is 0 Å². The second-order valence-corrected chi connectivity index (χ2v) is 7.43. The molecule has 0 saturated carbocycles. The molecule has 0 fully saturated rings. The lowest BCUT2D eigenvalue weighted by Gasteiger charge is -2.06. The van der Waals surface area contributed by atoms with Gasteiger partial charge in [0.05, 0.1) is 15.9 Å². The molecule has 1 heterocycles. The quantitative estimate of drug-likeness (QED) is 0.218. The van der Waals surface area contributed by atoms with E-state index in [2.05, 4.69) is 10.3 Å². The van der Waals surface area contributed by atoms with Crippen LogP contribution in [0.1, 0.15) is 18.1 Å². The normalized spacial score (nSPS) is 13.6. The molecule has 12 nitrogen and oxygen atoms in total. The molecule has 0 atom stereocenters. The summed E-state index contributed by atoms with van der Waals surface area (Å²) in [5, 5.41) is 24.8. The van der Waals surface area contributed by atoms with Crippen LogP contribution in [0.5, 0.6) is 11.5 Å². The van der Waals surface area contributed by atoms with Crippen molar-refractivity contribution in [2.75, 3.05) is 5.32 Å². The summed E-state index contributed by atoms with van der Waals surface area (Å²) in [5.74, 6) is -0.648. The number of anilines is 1. The maximum absolute atomic E-state index is 12.3. The second kappa shape index (κ2) is 9.85. The number of nitro benzene ring substituents is 2. The molecule has 0 saturated heterocycles. The highest BCUT2D eigenvalue weighted by atomic mass is 16.6. The lowest BCUT2D eigenvalue weighted by molar-refractivity contribution is -0.394. The van der Waals surface area contributed by atoms with Gasteiger partial charge in [-0.15, -0.1) is 0 Å². The third-order valence-corrected chi connectivity index (χ3v) is 4.83. The fraction of sp³-hybridized carbons (Fsp3) is 0.0417. The van der Waals surface area contributed by atoms with Crippen molar-refractivity contribution in [3.05, 3.63) is 104 Å². The van der Waals surface area contributed by atoms with Crippen LogP contribution in [0.4, 0.5) is 17.1 Å². The monoisotopic (exact) mass is 488 g/mol. The highest BCUT2D eigenvalue weighted by Gasteiger charge is 2.24. The molecule has 1 amide bonds. The Kier molecular flexibility index (Phi) is 6.50. The standard InChI is InChI=1S/C24H16N4O8/c1-14(29)25-17-6-4-16(5-7-17)23-26-20(24(30)36-23)12-15-2-9-19(10-3-15)35-22-11-8-18(27(31)32)13-21(22)28(33)34/h2-13H,1H3,(H,25,29)/b20-12-. The summed E-state index contributed by atoms with van der Waals surface area (Å²) in [4.78, 5) is 48.3. The van der Waals surface area contributed by atoms with Gasteiger partial charge >= 0.3 is 11.7 Å². The van der Waals surface area contributed by atoms with Crippen LogP contribution in [-0.2, 0) is 14.3 Å². The lowest BCUT2D eigenvalue weighted by atomic mass is 10.2. The summed E-state index contributed by atoms with van der Waals surface area (Å²) in [5.41, 5.74) is 0.816. The fourth-order valence-electron chi connectivity index (χ4n) is 3.20. The molecule has 0 radical (unpaired) electrons. The molecule has 0 unspecified atom stereocenters. The van der Waals surface area contributed by atoms with Crippen molar-refractivity contribution in [1.29, 1.82) is 0 Å². The molecule has 1 aliphatic rings. The molecular formula is C24H16N4O8. The number of nitro groups is 2. The maximum atomic E-state index is 12.3. The number of non-ortho nitro benzene ring substituents is 1. The van der Waals surface area contributed by atoms with E-state index in [0.717, 1.165) is 18.2 Å². The minimum atomic E-state index is -0.768. The van der Waals surface area contributed by atoms with E-state index in [9.17, 15) is 29.8 Å². The summed E-state index contributed by atoms with van der Waals surface area (Å²) in [6.45, 7) is 1.39. The number of aliphatic imine (C=N–C) groups is 1. The largest absolute Gasteiger partial charge is 0.450 e. The van der Waals surface area contributed by atoms with E-state index in [1.165, 1.54) is 25.1 Å². The lowest BCUT2D eigenvalue weighted by Crippen LogP contribution is -2.07. The topological polar surface area (TPSA) is 163 Å². The molecule has 3 aromatic carbocycles. The molecule has 0 bridgehead atoms. The number of cyclic esters (lactones) is 1. The van der Waals surface area contributed by atoms with Gasteiger partial charge in [0.2, 0.25) is 17.6 Å². The number of carbonyl (C=O) groups is 2. The summed E-state index contributed by atoms with van der Waals surface area (Å²) in [7, 11) is 0. The van der Waals surface area contributed by atoms with E-state index >= 15 is 0 Å². The Hall–Kier alpha value is -5.39. The van der Waals surface area contributed by atoms with Crippen molar-refractivity contribution in [3.8, 4) is 11.5 Å². The van der Waals surface area contributed by atoms with Gasteiger partial charge in [0.1, 0.15) is 5.75 Å². The Morgan fingerprint density at radius 3 is 2.31 bits per heavy atom. The van der Waals surface area contributed by atoms with Gasteiger partial charge in [0.15, 0.2) is 5.70 Å². The number of nitrogens with zero attached hydrogens (tertiary/aromatic N) is 3. The van der Waals surface area contributed by atoms with Gasteiger partial charge in [0, 0.05) is 24.2 Å². The van der Waals surface area contributed by atoms with Crippen molar-refractivity contribution in [2.45, 2.75) is 6.92 Å². The van der Waals surface area contributed by atoms with Crippen molar-refractivity contribution in [1.82, 2.24) is 0 Å². The number of hydrogen-bond acceptors (Lipinski definition) is 9. The van der Waals surface area contributed by atoms with Crippen LogP contribution < -0.4 is 10.1 Å². The summed E-state index contributed by atoms with van der Waals surface area (Å²) in [6, 6.07) is 15.9. The van der Waals surface area contributed by atoms with Gasteiger partial charge in [-0.05, 0) is 54.1 Å². The minimum Gasteiger partial charge on any atom is -0.450 e. The van der Waals surface area contributed by atoms with Crippen LogP contribution in [0.15, 0.2) is 77.4 Å². The van der Waals surface area contributed by atoms with Gasteiger partial charge in [-0.25, -0.2) is 9.79 Å². The third kappa shape index (κ3) is 5.39. The Morgan fingerprint density at radius 2 is 1.69 bits per heavy atom. The van der Waals surface area contributed by atoms with Crippen LogP contribution in [0.2, 0.25) is 0 Å². The first kappa shape index (κ1) is 23.8. The molecule has 180 valence electrons. The van der Waals surface area contributed by atoms with E-state index in [1.807, 2.05) is 0 Å². The number of nitrogens with one attached hydrogen (secondary N) is 1. The second-order valence-electron chi connectivity index (χ2n) is 7.43. The Morgan fingerprint density at radius 1 is 1.00 bits per heavy atom. The Balaban J connectivity index is 1.50. The molecule has 0 aromatic heterocycles. The third-order valence-electron chi connectivity index (χ3n) is 4.83. The molecule has 0 spiro atoms. The number of carbonyl (C=O) groups excluding carboxylic acids is 2. The molecule has 4 rings (SSSR count). The number of esters is 1. The first-order valence-corrected chi connectivity index (χ1v) is 10.3. The molecular weight excluding hydrogens is 472 g/mol. The Bertz CT molecular complexity index is 1440. The van der Waals surface area contributed by atoms with Crippen molar-refractivity contribution in [2.24, 2.45) is 4.99 Å². The minimum absolute atomic E-state index is 0.0654. The molecule has 36 heavy (non-hydrogen) atoms. The van der Waals surface area contributed by atoms with Gasteiger partial charge < -0.3 is 14.8 Å². The zero-order chi connectivity index (χ0) is 25.8.